The highest BCUT2D eigenvalue weighted by Gasteiger charge is 2.14. The zero-order valence-corrected chi connectivity index (χ0v) is 15.0. The lowest BCUT2D eigenvalue weighted by Gasteiger charge is -2.02. The van der Waals surface area contributed by atoms with E-state index in [0.29, 0.717) is 0 Å². The molecule has 1 aromatic heterocycles. The molecule has 0 saturated carbocycles. The Morgan fingerprint density at radius 1 is 0.643 bits per heavy atom. The van der Waals surface area contributed by atoms with Gasteiger partial charge in [-0.2, -0.15) is 0 Å². The third-order valence-electron chi connectivity index (χ3n) is 5.95. The number of para-hydroxylation sites is 1. The van der Waals surface area contributed by atoms with Crippen LogP contribution < -0.4 is 10.6 Å². The van der Waals surface area contributed by atoms with Gasteiger partial charge in [-0.3, -0.25) is 0 Å². The molecule has 1 aliphatic carbocycles. The summed E-state index contributed by atoms with van der Waals surface area (Å²) in [6.07, 6.45) is 2.27. The highest BCUT2D eigenvalue weighted by atomic mass is 14.8. The maximum Gasteiger partial charge on any atom is 0.0795 e. The Hall–Kier alpha value is -3.78. The number of aromatic nitrogens is 1. The highest BCUT2D eigenvalue weighted by molar-refractivity contribution is 5.93. The summed E-state index contributed by atoms with van der Waals surface area (Å²) in [4.78, 5) is 9.92. The second-order valence-electron chi connectivity index (χ2n) is 7.47. The first-order chi connectivity index (χ1) is 13.9. The summed E-state index contributed by atoms with van der Waals surface area (Å²) in [6.45, 7) is 0. The van der Waals surface area contributed by atoms with Gasteiger partial charge in [0.05, 0.1) is 22.1 Å². The second-order valence-corrected chi connectivity index (χ2v) is 7.47. The minimum absolute atomic E-state index is 1.02. The number of rotatable bonds is 0. The second kappa shape index (κ2) is 4.93. The average Bonchev–Trinajstić information content (AvgIpc) is 3.30. The number of fused-ring (bicyclic) bond motifs is 8. The predicted octanol–water partition coefficient (Wildman–Crippen LogP) is 4.37. The van der Waals surface area contributed by atoms with Gasteiger partial charge >= 0.3 is 0 Å². The van der Waals surface area contributed by atoms with Gasteiger partial charge in [0.1, 0.15) is 0 Å². The molecule has 0 saturated heterocycles. The summed E-state index contributed by atoms with van der Waals surface area (Å²) < 4.78 is 0. The summed E-state index contributed by atoms with van der Waals surface area (Å²) in [5.74, 6) is 0. The smallest absolute Gasteiger partial charge is 0.0795 e. The summed E-state index contributed by atoms with van der Waals surface area (Å²) >= 11 is 0. The third kappa shape index (κ3) is 1.72. The van der Waals surface area contributed by atoms with Crippen LogP contribution in [0.5, 0.6) is 0 Å². The van der Waals surface area contributed by atoms with Gasteiger partial charge in [0, 0.05) is 26.8 Å². The molecule has 4 aromatic carbocycles. The Morgan fingerprint density at radius 3 is 2.50 bits per heavy atom. The lowest BCUT2D eigenvalue weighted by molar-refractivity contribution is 1.37. The fraction of sp³-hybridized carbons (Fsp3) is 0. The molecule has 28 heavy (non-hydrogen) atoms. The number of pyridine rings is 1. The standard InChI is InChI=1S/C26H14N2/c1-3-7-17-15(5-1)13-20-18(17)9-10-19-25-21-14-16-6-2-4-8-22(16)27-23(21)11-12-24(25)28-26(19)20/h1-14H. The molecular formula is C26H14N2. The molecule has 0 fully saturated rings. The average molecular weight is 354 g/mol. The van der Waals surface area contributed by atoms with E-state index in [1.807, 2.05) is 6.07 Å². The number of benzene rings is 4. The van der Waals surface area contributed by atoms with Gasteiger partial charge in [-0.25, -0.2) is 9.98 Å². The van der Waals surface area contributed by atoms with Gasteiger partial charge in [-0.1, -0.05) is 54.6 Å². The van der Waals surface area contributed by atoms with Crippen molar-refractivity contribution in [2.24, 2.45) is 4.99 Å². The molecule has 0 radical (unpaired) electrons. The normalized spacial score (nSPS) is 12.9. The Bertz CT molecular complexity index is 1820. The Labute approximate surface area is 159 Å². The van der Waals surface area contributed by atoms with Gasteiger partial charge in [0.15, 0.2) is 0 Å². The highest BCUT2D eigenvalue weighted by Crippen LogP contribution is 2.30. The van der Waals surface area contributed by atoms with Crippen LogP contribution in [0, 0.1) is 20.9 Å². The van der Waals surface area contributed by atoms with Crippen molar-refractivity contribution in [3.05, 3.63) is 116 Å². The van der Waals surface area contributed by atoms with Crippen molar-refractivity contribution < 1.29 is 0 Å². The van der Waals surface area contributed by atoms with Crippen molar-refractivity contribution in [2.45, 2.75) is 0 Å². The number of hydrogen-bond donors (Lipinski definition) is 0. The topological polar surface area (TPSA) is 25.2 Å². The zero-order chi connectivity index (χ0) is 18.2. The fourth-order valence-corrected chi connectivity index (χ4v) is 4.67. The van der Waals surface area contributed by atoms with Crippen molar-refractivity contribution in [3.8, 4) is 0 Å². The molecule has 0 atom stereocenters. The Kier molecular flexibility index (Phi) is 2.52. The first-order valence-electron chi connectivity index (χ1n) is 9.53. The zero-order valence-electron chi connectivity index (χ0n) is 15.0. The molecule has 2 heterocycles. The van der Waals surface area contributed by atoms with Gasteiger partial charge in [0.2, 0.25) is 0 Å². The van der Waals surface area contributed by atoms with E-state index in [-0.39, 0.29) is 0 Å². The van der Waals surface area contributed by atoms with E-state index >= 15 is 0 Å². The van der Waals surface area contributed by atoms with E-state index in [4.69, 9.17) is 9.98 Å². The summed E-state index contributed by atoms with van der Waals surface area (Å²) in [6, 6.07) is 27.8. The molecule has 7 rings (SSSR count). The molecule has 5 aromatic rings. The molecular weight excluding hydrogens is 340 g/mol. The summed E-state index contributed by atoms with van der Waals surface area (Å²) in [7, 11) is 0. The third-order valence-corrected chi connectivity index (χ3v) is 5.95. The van der Waals surface area contributed by atoms with Crippen LogP contribution in [0.25, 0.3) is 27.9 Å². The van der Waals surface area contributed by atoms with E-state index in [9.17, 15) is 0 Å². The minimum Gasteiger partial charge on any atom is -0.248 e. The Morgan fingerprint density at radius 2 is 1.50 bits per heavy atom. The van der Waals surface area contributed by atoms with E-state index in [2.05, 4.69) is 78.9 Å². The van der Waals surface area contributed by atoms with Gasteiger partial charge < -0.3 is 0 Å². The molecule has 1 aliphatic heterocycles. The molecule has 128 valence electrons. The van der Waals surface area contributed by atoms with Crippen molar-refractivity contribution in [1.82, 2.24) is 4.98 Å². The number of nitrogens with zero attached hydrogens (tertiary/aromatic N) is 2. The van der Waals surface area contributed by atoms with Crippen LogP contribution in [-0.2, 0) is 0 Å². The van der Waals surface area contributed by atoms with Gasteiger partial charge in [-0.05, 0) is 46.0 Å². The van der Waals surface area contributed by atoms with E-state index in [1.165, 1.54) is 37.0 Å². The molecule has 2 aliphatic rings. The first-order valence-corrected chi connectivity index (χ1v) is 9.53. The molecule has 0 bridgehead atoms. The van der Waals surface area contributed by atoms with E-state index in [0.717, 1.165) is 27.5 Å². The van der Waals surface area contributed by atoms with Crippen molar-refractivity contribution in [1.29, 1.82) is 0 Å². The molecule has 0 spiro atoms. The van der Waals surface area contributed by atoms with E-state index in [1.54, 1.807) is 0 Å². The largest absolute Gasteiger partial charge is 0.248 e. The number of hydrogen-bond acceptors (Lipinski definition) is 2. The Balaban J connectivity index is 1.73. The van der Waals surface area contributed by atoms with Crippen LogP contribution in [0.2, 0.25) is 0 Å². The molecule has 0 amide bonds. The molecule has 2 heteroatoms. The van der Waals surface area contributed by atoms with Crippen LogP contribution in [-0.4, -0.2) is 4.98 Å². The summed E-state index contributed by atoms with van der Waals surface area (Å²) in [5, 5.41) is 9.64. The lowest BCUT2D eigenvalue weighted by Crippen LogP contribution is -2.01. The molecule has 0 unspecified atom stereocenters. The fourth-order valence-electron chi connectivity index (χ4n) is 4.67. The predicted molar refractivity (Wildman–Crippen MR) is 111 cm³/mol. The molecule has 0 N–H and O–H groups in total. The molecule has 2 nitrogen and oxygen atoms in total. The first kappa shape index (κ1) is 14.3. The monoisotopic (exact) mass is 354 g/mol. The van der Waals surface area contributed by atoms with Gasteiger partial charge in [-0.15, -0.1) is 0 Å². The van der Waals surface area contributed by atoms with Crippen LogP contribution in [0.15, 0.2) is 83.9 Å². The summed E-state index contributed by atoms with van der Waals surface area (Å²) in [5.41, 5.74) is 4.37. The maximum absolute atomic E-state index is 5.04. The van der Waals surface area contributed by atoms with Crippen LogP contribution in [0.1, 0.15) is 5.56 Å². The van der Waals surface area contributed by atoms with Crippen LogP contribution >= 0.6 is 0 Å². The minimum atomic E-state index is 1.02. The van der Waals surface area contributed by atoms with E-state index < -0.39 is 0 Å². The van der Waals surface area contributed by atoms with Crippen molar-refractivity contribution in [2.75, 3.05) is 0 Å². The van der Waals surface area contributed by atoms with Crippen molar-refractivity contribution >= 4 is 33.6 Å². The van der Waals surface area contributed by atoms with Crippen LogP contribution in [0.4, 0.5) is 5.69 Å². The maximum atomic E-state index is 5.04. The van der Waals surface area contributed by atoms with Crippen LogP contribution in [0.3, 0.4) is 0 Å². The van der Waals surface area contributed by atoms with Gasteiger partial charge in [0.25, 0.3) is 0 Å². The SMILES string of the molecule is C1=c2ccccc2=c2ccc3c(c21)N=c1ccc2nc4ccccc4cc2c1=3. The lowest BCUT2D eigenvalue weighted by atomic mass is 10.1. The quantitative estimate of drug-likeness (QED) is 0.371. The van der Waals surface area contributed by atoms with Crippen molar-refractivity contribution in [3.63, 3.8) is 0 Å².